The molecular weight excluding hydrogens is 160 g/mol. The van der Waals surface area contributed by atoms with Crippen LogP contribution in [-0.4, -0.2) is 29.1 Å². The molecule has 0 spiro atoms. The highest BCUT2D eigenvalue weighted by atomic mass is 16.4. The molecule has 0 unspecified atom stereocenters. The third kappa shape index (κ3) is 2.50. The standard InChI is InChI=1S/C7H14N2O3/c1-3-7(2,6(11)12)9-5(10)4-8/h3-4,8H2,1-2H3,(H,9,10)(H,11,12)/t7-/m1/s1. The number of carbonyl (C=O) groups is 2. The SMILES string of the molecule is CC[C@@](C)(NC(=O)CN)C(=O)O. The number of amides is 1. The van der Waals surface area contributed by atoms with E-state index in [1.165, 1.54) is 6.92 Å². The van der Waals surface area contributed by atoms with Gasteiger partial charge in [-0.3, -0.25) is 4.79 Å². The Balaban J connectivity index is 4.34. The fraction of sp³-hybridized carbons (Fsp3) is 0.714. The Bertz CT molecular complexity index is 193. The fourth-order valence-electron chi connectivity index (χ4n) is 0.652. The number of aliphatic carboxylic acids is 1. The zero-order chi connectivity index (χ0) is 9.78. The third-order valence-corrected chi connectivity index (χ3v) is 1.78. The molecular formula is C7H14N2O3. The first-order chi connectivity index (χ1) is 5.46. The molecule has 0 saturated carbocycles. The summed E-state index contributed by atoms with van der Waals surface area (Å²) in [5.74, 6) is -1.51. The summed E-state index contributed by atoms with van der Waals surface area (Å²) in [5.41, 5.74) is 3.83. The molecule has 5 heteroatoms. The van der Waals surface area contributed by atoms with Crippen molar-refractivity contribution in [1.29, 1.82) is 0 Å². The summed E-state index contributed by atoms with van der Waals surface area (Å²) in [4.78, 5) is 21.4. The molecule has 0 saturated heterocycles. The van der Waals surface area contributed by atoms with Crippen molar-refractivity contribution in [3.63, 3.8) is 0 Å². The number of carboxylic acid groups (broad SMARTS) is 1. The van der Waals surface area contributed by atoms with Gasteiger partial charge in [-0.2, -0.15) is 0 Å². The van der Waals surface area contributed by atoms with Gasteiger partial charge in [0.1, 0.15) is 5.54 Å². The molecule has 1 amide bonds. The highest BCUT2D eigenvalue weighted by Crippen LogP contribution is 2.08. The second-order valence-corrected chi connectivity index (χ2v) is 2.74. The van der Waals surface area contributed by atoms with E-state index >= 15 is 0 Å². The zero-order valence-corrected chi connectivity index (χ0v) is 7.26. The number of nitrogens with two attached hydrogens (primary N) is 1. The zero-order valence-electron chi connectivity index (χ0n) is 7.26. The fourth-order valence-corrected chi connectivity index (χ4v) is 0.652. The van der Waals surface area contributed by atoms with Crippen molar-refractivity contribution in [3.05, 3.63) is 0 Å². The minimum absolute atomic E-state index is 0.192. The highest BCUT2D eigenvalue weighted by molar-refractivity contribution is 5.87. The Morgan fingerprint density at radius 2 is 2.08 bits per heavy atom. The van der Waals surface area contributed by atoms with Gasteiger partial charge in [0.05, 0.1) is 6.54 Å². The second-order valence-electron chi connectivity index (χ2n) is 2.74. The summed E-state index contributed by atoms with van der Waals surface area (Å²) in [5, 5.41) is 11.1. The first kappa shape index (κ1) is 10.9. The number of nitrogens with one attached hydrogen (secondary N) is 1. The van der Waals surface area contributed by atoms with Gasteiger partial charge in [0, 0.05) is 0 Å². The van der Waals surface area contributed by atoms with Gasteiger partial charge >= 0.3 is 5.97 Å². The number of carboxylic acids is 1. The average Bonchev–Trinajstić information content (AvgIpc) is 2.03. The van der Waals surface area contributed by atoms with Crippen LogP contribution in [-0.2, 0) is 9.59 Å². The van der Waals surface area contributed by atoms with Crippen LogP contribution in [0.1, 0.15) is 20.3 Å². The van der Waals surface area contributed by atoms with Crippen LogP contribution in [0.3, 0.4) is 0 Å². The van der Waals surface area contributed by atoms with Crippen LogP contribution in [0, 0.1) is 0 Å². The third-order valence-electron chi connectivity index (χ3n) is 1.78. The normalized spacial score (nSPS) is 14.9. The van der Waals surface area contributed by atoms with E-state index in [1.807, 2.05) is 0 Å². The Morgan fingerprint density at radius 3 is 2.33 bits per heavy atom. The van der Waals surface area contributed by atoms with E-state index in [0.717, 1.165) is 0 Å². The van der Waals surface area contributed by atoms with Crippen molar-refractivity contribution >= 4 is 11.9 Å². The van der Waals surface area contributed by atoms with Crippen LogP contribution in [0.25, 0.3) is 0 Å². The Morgan fingerprint density at radius 1 is 1.58 bits per heavy atom. The molecule has 0 aliphatic heterocycles. The lowest BCUT2D eigenvalue weighted by molar-refractivity contribution is -0.146. The summed E-state index contributed by atoms with van der Waals surface area (Å²) in [7, 11) is 0. The Kier molecular flexibility index (Phi) is 3.69. The molecule has 0 aromatic rings. The maximum Gasteiger partial charge on any atom is 0.329 e. The van der Waals surface area contributed by atoms with E-state index < -0.39 is 17.4 Å². The van der Waals surface area contributed by atoms with Gasteiger partial charge in [-0.1, -0.05) is 6.92 Å². The summed E-state index contributed by atoms with van der Waals surface area (Å²) in [6, 6.07) is 0. The summed E-state index contributed by atoms with van der Waals surface area (Å²) >= 11 is 0. The van der Waals surface area contributed by atoms with Crippen LogP contribution in [0.4, 0.5) is 0 Å². The predicted molar refractivity (Wildman–Crippen MR) is 43.5 cm³/mol. The van der Waals surface area contributed by atoms with Crippen molar-refractivity contribution in [2.75, 3.05) is 6.54 Å². The van der Waals surface area contributed by atoms with Crippen LogP contribution < -0.4 is 11.1 Å². The molecule has 0 aromatic carbocycles. The molecule has 0 aromatic heterocycles. The smallest absolute Gasteiger partial charge is 0.329 e. The van der Waals surface area contributed by atoms with Gasteiger partial charge in [0.2, 0.25) is 5.91 Å². The first-order valence-corrected chi connectivity index (χ1v) is 3.70. The maximum absolute atomic E-state index is 10.8. The summed E-state index contributed by atoms with van der Waals surface area (Å²) < 4.78 is 0. The molecule has 1 atom stereocenters. The quantitative estimate of drug-likeness (QED) is 0.526. The minimum Gasteiger partial charge on any atom is -0.480 e. The van der Waals surface area contributed by atoms with Gasteiger partial charge in [0.25, 0.3) is 0 Å². The van der Waals surface area contributed by atoms with Crippen molar-refractivity contribution in [2.24, 2.45) is 5.73 Å². The van der Waals surface area contributed by atoms with E-state index in [2.05, 4.69) is 5.32 Å². The Labute approximate surface area is 70.9 Å². The molecule has 0 heterocycles. The van der Waals surface area contributed by atoms with Crippen LogP contribution in [0.2, 0.25) is 0 Å². The van der Waals surface area contributed by atoms with Crippen LogP contribution >= 0.6 is 0 Å². The van der Waals surface area contributed by atoms with E-state index in [4.69, 9.17) is 10.8 Å². The second kappa shape index (κ2) is 4.06. The Hall–Kier alpha value is -1.10. The van der Waals surface area contributed by atoms with E-state index in [-0.39, 0.29) is 6.54 Å². The molecule has 0 fully saturated rings. The number of hydrogen-bond donors (Lipinski definition) is 3. The molecule has 12 heavy (non-hydrogen) atoms. The van der Waals surface area contributed by atoms with Gasteiger partial charge in [-0.05, 0) is 13.3 Å². The maximum atomic E-state index is 10.8. The lowest BCUT2D eigenvalue weighted by Gasteiger charge is -2.23. The first-order valence-electron chi connectivity index (χ1n) is 3.70. The summed E-state index contributed by atoms with van der Waals surface area (Å²) in [6.07, 6.45) is 0.327. The largest absolute Gasteiger partial charge is 0.480 e. The molecule has 0 aliphatic carbocycles. The van der Waals surface area contributed by atoms with Crippen LogP contribution in [0.5, 0.6) is 0 Å². The molecule has 4 N–H and O–H groups in total. The molecule has 0 aliphatic rings. The van der Waals surface area contributed by atoms with E-state index in [0.29, 0.717) is 6.42 Å². The van der Waals surface area contributed by atoms with E-state index in [1.54, 1.807) is 6.92 Å². The molecule has 5 nitrogen and oxygen atoms in total. The van der Waals surface area contributed by atoms with Gasteiger partial charge in [-0.15, -0.1) is 0 Å². The topological polar surface area (TPSA) is 92.4 Å². The van der Waals surface area contributed by atoms with E-state index in [9.17, 15) is 9.59 Å². The van der Waals surface area contributed by atoms with Crippen molar-refractivity contribution in [2.45, 2.75) is 25.8 Å². The molecule has 70 valence electrons. The number of rotatable bonds is 4. The van der Waals surface area contributed by atoms with Gasteiger partial charge < -0.3 is 16.2 Å². The van der Waals surface area contributed by atoms with Crippen molar-refractivity contribution in [1.82, 2.24) is 5.32 Å². The predicted octanol–water partition coefficient (Wildman–Crippen LogP) is -0.685. The monoisotopic (exact) mass is 174 g/mol. The van der Waals surface area contributed by atoms with Crippen LogP contribution in [0.15, 0.2) is 0 Å². The van der Waals surface area contributed by atoms with Crippen molar-refractivity contribution < 1.29 is 14.7 Å². The number of carbonyl (C=O) groups excluding carboxylic acids is 1. The van der Waals surface area contributed by atoms with Crippen molar-refractivity contribution in [3.8, 4) is 0 Å². The summed E-state index contributed by atoms with van der Waals surface area (Å²) in [6.45, 7) is 2.94. The minimum atomic E-state index is -1.20. The lowest BCUT2D eigenvalue weighted by Crippen LogP contribution is -2.53. The lowest BCUT2D eigenvalue weighted by atomic mass is 9.99. The molecule has 0 bridgehead atoms. The highest BCUT2D eigenvalue weighted by Gasteiger charge is 2.32. The number of hydrogen-bond acceptors (Lipinski definition) is 3. The molecule has 0 radical (unpaired) electrons. The average molecular weight is 174 g/mol. The van der Waals surface area contributed by atoms with Gasteiger partial charge in [0.15, 0.2) is 0 Å². The molecule has 0 rings (SSSR count). The van der Waals surface area contributed by atoms with Gasteiger partial charge in [-0.25, -0.2) is 4.79 Å².